The number of hydrogen-bond donors (Lipinski definition) is 1. The van der Waals surface area contributed by atoms with E-state index in [1.54, 1.807) is 0 Å². The molecule has 4 nitrogen and oxygen atoms in total. The Labute approximate surface area is 233 Å². The molecule has 0 aromatic heterocycles. The Bertz CT molecular complexity index is 1360. The van der Waals surface area contributed by atoms with Crippen molar-refractivity contribution >= 4 is 0 Å². The topological polar surface area (TPSA) is 56.5 Å². The van der Waals surface area contributed by atoms with Gasteiger partial charge in [0.25, 0.3) is 0 Å². The summed E-state index contributed by atoms with van der Waals surface area (Å²) in [7, 11) is 0. The van der Waals surface area contributed by atoms with Gasteiger partial charge in [-0.25, -0.2) is 0 Å². The van der Waals surface area contributed by atoms with Crippen molar-refractivity contribution in [2.24, 2.45) is 5.92 Å². The predicted molar refractivity (Wildman–Crippen MR) is 138 cm³/mol. The molecule has 0 aliphatic carbocycles. The second kappa shape index (κ2) is 11.1. The van der Waals surface area contributed by atoms with Crippen molar-refractivity contribution in [3.63, 3.8) is 0 Å². The molecule has 41 heavy (non-hydrogen) atoms. The summed E-state index contributed by atoms with van der Waals surface area (Å²) in [5.41, 5.74) is -2.43. The van der Waals surface area contributed by atoms with Crippen molar-refractivity contribution < 1.29 is 36.2 Å². The van der Waals surface area contributed by atoms with Gasteiger partial charge >= 0.3 is 12.4 Å². The van der Waals surface area contributed by atoms with Crippen LogP contribution in [0.4, 0.5) is 26.3 Å². The minimum atomic E-state index is -5.03. The van der Waals surface area contributed by atoms with E-state index >= 15 is 0 Å². The van der Waals surface area contributed by atoms with Crippen LogP contribution in [0.3, 0.4) is 0 Å². The van der Waals surface area contributed by atoms with Crippen molar-refractivity contribution in [1.82, 2.24) is 4.90 Å². The largest absolute Gasteiger partial charge is 0.416 e. The number of hydrogen-bond acceptors (Lipinski definition) is 4. The zero-order chi connectivity index (χ0) is 29.4. The number of benzene rings is 3. The lowest BCUT2D eigenvalue weighted by Gasteiger charge is -2.50. The number of nitriles is 1. The third kappa shape index (κ3) is 5.59. The summed E-state index contributed by atoms with van der Waals surface area (Å²) < 4.78 is 88.0. The lowest BCUT2D eigenvalue weighted by Crippen LogP contribution is -2.57. The molecule has 2 heterocycles. The maximum atomic E-state index is 13.6. The average molecular weight is 575 g/mol. The molecule has 2 fully saturated rings. The van der Waals surface area contributed by atoms with Gasteiger partial charge in [0.05, 0.1) is 41.4 Å². The molecule has 2 bridgehead atoms. The third-order valence-corrected chi connectivity index (χ3v) is 8.28. The molecule has 0 spiro atoms. The van der Waals surface area contributed by atoms with Gasteiger partial charge in [-0.3, -0.25) is 4.90 Å². The van der Waals surface area contributed by atoms with E-state index in [4.69, 9.17) is 4.74 Å². The van der Waals surface area contributed by atoms with E-state index in [-0.39, 0.29) is 18.0 Å². The first-order valence-electron chi connectivity index (χ1n) is 13.3. The normalized spacial score (nSPS) is 25.6. The van der Waals surface area contributed by atoms with E-state index < -0.39 is 53.4 Å². The van der Waals surface area contributed by atoms with Crippen LogP contribution < -0.4 is 0 Å². The highest BCUT2D eigenvalue weighted by Gasteiger charge is 2.60. The van der Waals surface area contributed by atoms with E-state index in [1.807, 2.05) is 60.7 Å². The Morgan fingerprint density at radius 3 is 2.02 bits per heavy atom. The van der Waals surface area contributed by atoms with Crippen LogP contribution in [0.2, 0.25) is 0 Å². The molecule has 10 heteroatoms. The summed E-state index contributed by atoms with van der Waals surface area (Å²) in [6, 6.07) is 22.5. The summed E-state index contributed by atoms with van der Waals surface area (Å²) in [4.78, 5) is 2.20. The quantitative estimate of drug-likeness (QED) is 0.302. The number of alkyl halides is 6. The van der Waals surface area contributed by atoms with Crippen LogP contribution >= 0.6 is 0 Å². The monoisotopic (exact) mass is 574 g/mol. The number of ether oxygens (including phenoxy) is 1. The van der Waals surface area contributed by atoms with Gasteiger partial charge in [0.15, 0.2) is 0 Å². The second-order valence-electron chi connectivity index (χ2n) is 10.6. The molecule has 216 valence electrons. The zero-order valence-corrected chi connectivity index (χ0v) is 21.9. The van der Waals surface area contributed by atoms with Crippen LogP contribution in [0.15, 0.2) is 78.9 Å². The van der Waals surface area contributed by atoms with Crippen LogP contribution in [-0.2, 0) is 29.2 Å². The van der Waals surface area contributed by atoms with E-state index in [2.05, 4.69) is 11.0 Å². The maximum Gasteiger partial charge on any atom is 0.416 e. The van der Waals surface area contributed by atoms with E-state index in [9.17, 15) is 36.7 Å². The van der Waals surface area contributed by atoms with Gasteiger partial charge in [-0.2, -0.15) is 31.6 Å². The van der Waals surface area contributed by atoms with Crippen molar-refractivity contribution in [2.75, 3.05) is 6.61 Å². The van der Waals surface area contributed by atoms with Gasteiger partial charge in [0, 0.05) is 12.6 Å². The van der Waals surface area contributed by atoms with E-state index in [0.717, 1.165) is 11.1 Å². The molecule has 2 aliphatic rings. The number of aliphatic hydroxyl groups excluding tert-OH is 1. The highest BCUT2D eigenvalue weighted by atomic mass is 19.4. The zero-order valence-electron chi connectivity index (χ0n) is 21.9. The van der Waals surface area contributed by atoms with Crippen LogP contribution in [0.1, 0.15) is 53.2 Å². The molecule has 2 aliphatic heterocycles. The van der Waals surface area contributed by atoms with Crippen molar-refractivity contribution in [3.05, 3.63) is 107 Å². The number of fused-ring (bicyclic) bond motifs is 2. The fraction of sp³-hybridized carbons (Fsp3) is 0.387. The molecule has 5 rings (SSSR count). The van der Waals surface area contributed by atoms with Gasteiger partial charge in [-0.05, 0) is 54.2 Å². The van der Waals surface area contributed by atoms with Gasteiger partial charge < -0.3 is 9.84 Å². The molecule has 0 unspecified atom stereocenters. The first kappa shape index (κ1) is 29.1. The fourth-order valence-electron chi connectivity index (χ4n) is 6.47. The molecular weight excluding hydrogens is 546 g/mol. The lowest BCUT2D eigenvalue weighted by molar-refractivity contribution is -0.146. The molecule has 2 saturated heterocycles. The molecule has 0 saturated carbocycles. The maximum absolute atomic E-state index is 13.6. The SMILES string of the molecule is N#C[C@@H]1C[C@@]2(c3ccccc3)[C@H](O[C@@H](CO)c3cc(C(F)(F)F)cc(C(F)(F)F)c3)CC[C@@H]1N2Cc1ccccc1. The molecule has 3 aromatic carbocycles. The van der Waals surface area contributed by atoms with Crippen LogP contribution in [0, 0.1) is 17.2 Å². The predicted octanol–water partition coefficient (Wildman–Crippen LogP) is 7.25. The molecular formula is C31H28F6N2O2. The van der Waals surface area contributed by atoms with Gasteiger partial charge in [0.1, 0.15) is 6.10 Å². The van der Waals surface area contributed by atoms with Crippen molar-refractivity contribution in [3.8, 4) is 6.07 Å². The van der Waals surface area contributed by atoms with Crippen molar-refractivity contribution in [1.29, 1.82) is 5.26 Å². The smallest absolute Gasteiger partial charge is 0.393 e. The van der Waals surface area contributed by atoms with Gasteiger partial charge in [-0.1, -0.05) is 60.7 Å². The number of aliphatic hydroxyl groups is 1. The van der Waals surface area contributed by atoms with Crippen molar-refractivity contribution in [2.45, 2.75) is 61.9 Å². The highest BCUT2D eigenvalue weighted by Crippen LogP contribution is 2.55. The standard InChI is InChI=1S/C31H28F6N2O2/c32-30(33,34)24-13-21(14-25(15-24)31(35,36)37)27(19-40)41-28-12-11-26-22(17-38)16-29(28,23-9-5-2-6-10-23)39(26)18-20-7-3-1-4-8-20/h1-10,13-15,22,26-28,40H,11-12,16,18-19H2/t22-,26-,27-,28+,29+/m0/s1. The summed E-state index contributed by atoms with van der Waals surface area (Å²) in [5, 5.41) is 20.4. The van der Waals surface area contributed by atoms with Gasteiger partial charge in [0.2, 0.25) is 0 Å². The number of rotatable bonds is 7. The molecule has 0 radical (unpaired) electrons. The summed E-state index contributed by atoms with van der Waals surface area (Å²) >= 11 is 0. The van der Waals surface area contributed by atoms with Gasteiger partial charge in [-0.15, -0.1) is 0 Å². The Morgan fingerprint density at radius 2 is 1.49 bits per heavy atom. The van der Waals surface area contributed by atoms with Crippen LogP contribution in [-0.4, -0.2) is 28.8 Å². The Morgan fingerprint density at radius 1 is 0.902 bits per heavy atom. The summed E-state index contributed by atoms with van der Waals surface area (Å²) in [6.07, 6.45) is -10.9. The lowest BCUT2D eigenvalue weighted by atomic mass is 9.78. The Balaban J connectivity index is 1.59. The minimum Gasteiger partial charge on any atom is -0.393 e. The second-order valence-corrected chi connectivity index (χ2v) is 10.6. The molecule has 5 atom stereocenters. The Hall–Kier alpha value is -3.39. The Kier molecular flexibility index (Phi) is 7.90. The van der Waals surface area contributed by atoms with E-state index in [0.29, 0.717) is 37.9 Å². The minimum absolute atomic E-state index is 0.0602. The molecule has 3 aromatic rings. The molecule has 0 amide bonds. The fourth-order valence-corrected chi connectivity index (χ4v) is 6.47. The van der Waals surface area contributed by atoms with E-state index in [1.165, 1.54) is 0 Å². The van der Waals surface area contributed by atoms with Crippen LogP contribution in [0.25, 0.3) is 0 Å². The first-order chi connectivity index (χ1) is 19.5. The highest BCUT2D eigenvalue weighted by molar-refractivity contribution is 5.36. The number of nitrogens with zero attached hydrogens (tertiary/aromatic N) is 2. The summed E-state index contributed by atoms with van der Waals surface area (Å²) in [6.45, 7) is -0.367. The van der Waals surface area contributed by atoms with Crippen LogP contribution in [0.5, 0.6) is 0 Å². The number of piperidine rings is 1. The summed E-state index contributed by atoms with van der Waals surface area (Å²) in [5.74, 6) is -0.370. The molecule has 1 N–H and O–H groups in total. The average Bonchev–Trinajstić information content (AvgIpc) is 3.16. The number of halogens is 6. The third-order valence-electron chi connectivity index (χ3n) is 8.28. The first-order valence-corrected chi connectivity index (χ1v) is 13.3.